The number of rotatable bonds is 4. The van der Waals surface area contributed by atoms with Gasteiger partial charge in [-0.3, -0.25) is 4.79 Å². The second-order valence-corrected chi connectivity index (χ2v) is 3.50. The van der Waals surface area contributed by atoms with Crippen molar-refractivity contribution in [2.24, 2.45) is 0 Å². The molecular weight excluding hydrogens is 212 g/mol. The lowest BCUT2D eigenvalue weighted by atomic mass is 10.1. The fourth-order valence-corrected chi connectivity index (χ4v) is 1.29. The minimum Gasteiger partial charge on any atom is -0.349 e. The van der Waals surface area contributed by atoms with Gasteiger partial charge in [-0.1, -0.05) is 12.1 Å². The van der Waals surface area contributed by atoms with Crippen LogP contribution in [0.15, 0.2) is 30.9 Å². The normalized spacial score (nSPS) is 11.9. The molecule has 0 bridgehead atoms. The van der Waals surface area contributed by atoms with Crippen molar-refractivity contribution in [2.45, 2.75) is 19.4 Å². The third-order valence-corrected chi connectivity index (χ3v) is 2.09. The van der Waals surface area contributed by atoms with Crippen LogP contribution in [0, 0.1) is 11.6 Å². The fraction of sp³-hybridized carbons (Fsp3) is 0.250. The van der Waals surface area contributed by atoms with Crippen molar-refractivity contribution >= 4 is 5.91 Å². The lowest BCUT2D eigenvalue weighted by Gasteiger charge is -2.12. The highest BCUT2D eigenvalue weighted by atomic mass is 19.2. The number of nitrogens with one attached hydrogen (secondary N) is 1. The maximum atomic E-state index is 13.2. The molecule has 0 fully saturated rings. The Labute approximate surface area is 93.0 Å². The van der Waals surface area contributed by atoms with E-state index in [1.54, 1.807) is 13.0 Å². The van der Waals surface area contributed by atoms with E-state index in [-0.39, 0.29) is 11.6 Å². The Morgan fingerprint density at radius 2 is 2.25 bits per heavy atom. The molecule has 4 heteroatoms. The minimum atomic E-state index is -1.12. The number of hydrogen-bond donors (Lipinski definition) is 1. The van der Waals surface area contributed by atoms with E-state index in [0.717, 1.165) is 6.07 Å². The average molecular weight is 225 g/mol. The molecule has 86 valence electrons. The number of carbonyl (C=O) groups excluding carboxylic acids is 1. The Morgan fingerprint density at radius 1 is 1.56 bits per heavy atom. The van der Waals surface area contributed by atoms with Crippen LogP contribution in [-0.2, 0) is 0 Å². The second-order valence-electron chi connectivity index (χ2n) is 3.50. The largest absolute Gasteiger partial charge is 0.349 e. The molecule has 1 unspecified atom stereocenters. The van der Waals surface area contributed by atoms with Gasteiger partial charge >= 0.3 is 0 Å². The molecule has 1 amide bonds. The van der Waals surface area contributed by atoms with Crippen LogP contribution in [0.2, 0.25) is 0 Å². The summed E-state index contributed by atoms with van der Waals surface area (Å²) < 4.78 is 26.1. The van der Waals surface area contributed by atoms with Crippen molar-refractivity contribution in [3.8, 4) is 0 Å². The molecule has 0 saturated heterocycles. The van der Waals surface area contributed by atoms with E-state index in [1.807, 2.05) is 0 Å². The van der Waals surface area contributed by atoms with Crippen molar-refractivity contribution < 1.29 is 13.6 Å². The third kappa shape index (κ3) is 2.89. The maximum Gasteiger partial charge on any atom is 0.254 e. The zero-order chi connectivity index (χ0) is 12.1. The van der Waals surface area contributed by atoms with Crippen LogP contribution in [0.4, 0.5) is 8.78 Å². The maximum absolute atomic E-state index is 13.2. The van der Waals surface area contributed by atoms with Gasteiger partial charge in [-0.25, -0.2) is 8.78 Å². The first kappa shape index (κ1) is 12.4. The Bertz CT molecular complexity index is 404. The molecule has 0 aliphatic heterocycles. The Morgan fingerprint density at radius 3 is 2.88 bits per heavy atom. The molecule has 0 aromatic heterocycles. The predicted molar refractivity (Wildman–Crippen MR) is 58.1 cm³/mol. The van der Waals surface area contributed by atoms with E-state index < -0.39 is 17.5 Å². The number of hydrogen-bond acceptors (Lipinski definition) is 1. The summed E-state index contributed by atoms with van der Waals surface area (Å²) in [6.07, 6.45) is 2.22. The number of benzene rings is 1. The predicted octanol–water partition coefficient (Wildman–Crippen LogP) is 2.66. The smallest absolute Gasteiger partial charge is 0.254 e. The van der Waals surface area contributed by atoms with Crippen LogP contribution in [0.1, 0.15) is 23.7 Å². The van der Waals surface area contributed by atoms with Crippen molar-refractivity contribution in [1.82, 2.24) is 5.32 Å². The van der Waals surface area contributed by atoms with Crippen molar-refractivity contribution in [3.63, 3.8) is 0 Å². The van der Waals surface area contributed by atoms with E-state index in [9.17, 15) is 13.6 Å². The first-order chi connectivity index (χ1) is 7.56. The molecule has 0 aliphatic carbocycles. The summed E-state index contributed by atoms with van der Waals surface area (Å²) >= 11 is 0. The van der Waals surface area contributed by atoms with Gasteiger partial charge in [-0.15, -0.1) is 6.58 Å². The summed E-state index contributed by atoms with van der Waals surface area (Å²) in [7, 11) is 0. The summed E-state index contributed by atoms with van der Waals surface area (Å²) in [5.74, 6) is -2.76. The second kappa shape index (κ2) is 5.39. The number of amides is 1. The Balaban J connectivity index is 2.81. The van der Waals surface area contributed by atoms with E-state index in [2.05, 4.69) is 11.9 Å². The van der Waals surface area contributed by atoms with Gasteiger partial charge in [-0.2, -0.15) is 0 Å². The van der Waals surface area contributed by atoms with Gasteiger partial charge in [0.05, 0.1) is 5.56 Å². The topological polar surface area (TPSA) is 29.1 Å². The van der Waals surface area contributed by atoms with Crippen LogP contribution in [0.25, 0.3) is 0 Å². The molecule has 1 aromatic carbocycles. The van der Waals surface area contributed by atoms with E-state index >= 15 is 0 Å². The molecular formula is C12H13F2NO. The molecule has 0 radical (unpaired) electrons. The van der Waals surface area contributed by atoms with Crippen LogP contribution in [-0.4, -0.2) is 11.9 Å². The van der Waals surface area contributed by atoms with Gasteiger partial charge in [-0.05, 0) is 25.5 Å². The molecule has 2 nitrogen and oxygen atoms in total. The van der Waals surface area contributed by atoms with Gasteiger partial charge in [0.1, 0.15) is 0 Å². The molecule has 0 aliphatic rings. The lowest BCUT2D eigenvalue weighted by molar-refractivity contribution is 0.0935. The summed E-state index contributed by atoms with van der Waals surface area (Å²) in [5.41, 5.74) is -0.282. The molecule has 1 N–H and O–H groups in total. The minimum absolute atomic E-state index is 0.160. The van der Waals surface area contributed by atoms with Gasteiger partial charge in [0.15, 0.2) is 11.6 Å². The molecule has 1 rings (SSSR count). The first-order valence-electron chi connectivity index (χ1n) is 4.92. The summed E-state index contributed by atoms with van der Waals surface area (Å²) in [4.78, 5) is 11.6. The quantitative estimate of drug-likeness (QED) is 0.784. The number of carbonyl (C=O) groups is 1. The van der Waals surface area contributed by atoms with Crippen LogP contribution in [0.5, 0.6) is 0 Å². The van der Waals surface area contributed by atoms with Gasteiger partial charge in [0.25, 0.3) is 5.91 Å². The SMILES string of the molecule is C=CCC(C)NC(=O)c1cccc(F)c1F. The van der Waals surface area contributed by atoms with Crippen LogP contribution < -0.4 is 5.32 Å². The van der Waals surface area contributed by atoms with Crippen LogP contribution >= 0.6 is 0 Å². The molecule has 0 heterocycles. The fourth-order valence-electron chi connectivity index (χ4n) is 1.29. The summed E-state index contributed by atoms with van der Waals surface area (Å²) in [6, 6.07) is 3.35. The molecule has 0 saturated carbocycles. The van der Waals surface area contributed by atoms with E-state index in [4.69, 9.17) is 0 Å². The standard InChI is InChI=1S/C12H13F2NO/c1-3-5-8(2)15-12(16)9-6-4-7-10(13)11(9)14/h3-4,6-8H,1,5H2,2H3,(H,15,16). The highest BCUT2D eigenvalue weighted by Gasteiger charge is 2.15. The number of halogens is 2. The highest BCUT2D eigenvalue weighted by molar-refractivity contribution is 5.94. The highest BCUT2D eigenvalue weighted by Crippen LogP contribution is 2.11. The molecule has 0 spiro atoms. The van der Waals surface area contributed by atoms with E-state index in [0.29, 0.717) is 6.42 Å². The Kier molecular flexibility index (Phi) is 4.17. The first-order valence-corrected chi connectivity index (χ1v) is 4.92. The van der Waals surface area contributed by atoms with Gasteiger partial charge in [0.2, 0.25) is 0 Å². The van der Waals surface area contributed by atoms with Crippen molar-refractivity contribution in [1.29, 1.82) is 0 Å². The molecule has 1 atom stereocenters. The third-order valence-electron chi connectivity index (χ3n) is 2.09. The molecule has 1 aromatic rings. The van der Waals surface area contributed by atoms with Gasteiger partial charge in [0, 0.05) is 6.04 Å². The lowest BCUT2D eigenvalue weighted by Crippen LogP contribution is -2.32. The van der Waals surface area contributed by atoms with E-state index in [1.165, 1.54) is 12.1 Å². The molecule has 16 heavy (non-hydrogen) atoms. The zero-order valence-electron chi connectivity index (χ0n) is 8.97. The van der Waals surface area contributed by atoms with Crippen molar-refractivity contribution in [3.05, 3.63) is 48.1 Å². The summed E-state index contributed by atoms with van der Waals surface area (Å²) in [5, 5.41) is 2.55. The van der Waals surface area contributed by atoms with Crippen molar-refractivity contribution in [2.75, 3.05) is 0 Å². The van der Waals surface area contributed by atoms with Gasteiger partial charge < -0.3 is 5.32 Å². The van der Waals surface area contributed by atoms with Crippen LogP contribution in [0.3, 0.4) is 0 Å². The summed E-state index contributed by atoms with van der Waals surface area (Å²) in [6.45, 7) is 5.29. The monoisotopic (exact) mass is 225 g/mol. The zero-order valence-corrected chi connectivity index (χ0v) is 8.97. The average Bonchev–Trinajstić information content (AvgIpc) is 2.22. The Hall–Kier alpha value is -1.71.